The third kappa shape index (κ3) is 2.08. The first-order valence-electron chi connectivity index (χ1n) is 6.89. The van der Waals surface area contributed by atoms with Crippen molar-refractivity contribution < 1.29 is 9.53 Å². The number of nitrogens with zero attached hydrogens (tertiary/aromatic N) is 1. The minimum Gasteiger partial charge on any atom is -0.375 e. The van der Waals surface area contributed by atoms with Gasteiger partial charge in [-0.2, -0.15) is 0 Å². The number of amides is 1. The summed E-state index contributed by atoms with van der Waals surface area (Å²) in [5.74, 6) is 1.81. The Kier molecular flexibility index (Phi) is 3.09. The molecule has 96 valence electrons. The van der Waals surface area contributed by atoms with Crippen LogP contribution in [0.25, 0.3) is 0 Å². The second-order valence-corrected chi connectivity index (χ2v) is 5.70. The Bertz CT molecular complexity index is 296. The van der Waals surface area contributed by atoms with E-state index in [2.05, 4.69) is 10.2 Å². The summed E-state index contributed by atoms with van der Waals surface area (Å²) in [5.41, 5.74) is 0. The third-order valence-electron chi connectivity index (χ3n) is 4.62. The monoisotopic (exact) mass is 238 g/mol. The molecule has 0 aromatic rings. The molecule has 3 rings (SSSR count). The van der Waals surface area contributed by atoms with Crippen LogP contribution in [0.5, 0.6) is 0 Å². The van der Waals surface area contributed by atoms with E-state index in [4.69, 9.17) is 4.74 Å². The van der Waals surface area contributed by atoms with Crippen LogP contribution < -0.4 is 5.32 Å². The molecule has 3 fully saturated rings. The van der Waals surface area contributed by atoms with E-state index in [0.29, 0.717) is 0 Å². The van der Waals surface area contributed by atoms with Gasteiger partial charge in [0.1, 0.15) is 6.04 Å². The Balaban J connectivity index is 1.62. The average molecular weight is 238 g/mol. The van der Waals surface area contributed by atoms with E-state index in [9.17, 15) is 4.79 Å². The quantitative estimate of drug-likeness (QED) is 0.728. The van der Waals surface area contributed by atoms with Crippen LogP contribution in [0.2, 0.25) is 0 Å². The lowest BCUT2D eigenvalue weighted by molar-refractivity contribution is -0.138. The molecule has 0 bridgehead atoms. The van der Waals surface area contributed by atoms with Gasteiger partial charge in [-0.25, -0.2) is 0 Å². The summed E-state index contributed by atoms with van der Waals surface area (Å²) in [4.78, 5) is 14.5. The van der Waals surface area contributed by atoms with Crippen LogP contribution in [0.1, 0.15) is 26.2 Å². The number of carbonyl (C=O) groups excluding carboxylic acids is 1. The van der Waals surface area contributed by atoms with Crippen LogP contribution >= 0.6 is 0 Å². The van der Waals surface area contributed by atoms with Crippen LogP contribution in [0, 0.1) is 11.8 Å². The fourth-order valence-corrected chi connectivity index (χ4v) is 3.62. The fraction of sp³-hybridized carbons (Fsp3) is 0.923. The summed E-state index contributed by atoms with van der Waals surface area (Å²) in [5, 5.41) is 3.30. The first-order valence-corrected chi connectivity index (χ1v) is 6.89. The maximum atomic E-state index is 12.4. The highest BCUT2D eigenvalue weighted by molar-refractivity contribution is 5.83. The van der Waals surface area contributed by atoms with Gasteiger partial charge in [0.05, 0.1) is 12.7 Å². The van der Waals surface area contributed by atoms with Crippen molar-refractivity contribution in [3.8, 4) is 0 Å². The predicted molar refractivity (Wildman–Crippen MR) is 64.6 cm³/mol. The molecule has 4 atom stereocenters. The maximum Gasteiger partial charge on any atom is 0.242 e. The Morgan fingerprint density at radius 3 is 2.65 bits per heavy atom. The minimum atomic E-state index is -0.123. The van der Waals surface area contributed by atoms with Crippen LogP contribution in [0.15, 0.2) is 0 Å². The summed E-state index contributed by atoms with van der Waals surface area (Å²) in [7, 11) is 0. The number of nitrogens with one attached hydrogen (secondary N) is 1. The molecule has 0 radical (unpaired) electrons. The first kappa shape index (κ1) is 11.5. The number of carbonyl (C=O) groups is 1. The SMILES string of the molecule is C[C@H]1OCCN[C@@H]1C(=O)N1CC2CCCC2C1. The molecule has 4 nitrogen and oxygen atoms in total. The van der Waals surface area contributed by atoms with Crippen molar-refractivity contribution in [3.63, 3.8) is 0 Å². The maximum absolute atomic E-state index is 12.4. The van der Waals surface area contributed by atoms with Crippen molar-refractivity contribution in [2.75, 3.05) is 26.2 Å². The van der Waals surface area contributed by atoms with E-state index in [1.165, 1.54) is 19.3 Å². The predicted octanol–water partition coefficient (Wildman–Crippen LogP) is 0.622. The van der Waals surface area contributed by atoms with Crippen molar-refractivity contribution in [1.29, 1.82) is 0 Å². The van der Waals surface area contributed by atoms with Gasteiger partial charge in [-0.3, -0.25) is 4.79 Å². The van der Waals surface area contributed by atoms with Crippen LogP contribution in [0.4, 0.5) is 0 Å². The second kappa shape index (κ2) is 4.58. The number of ether oxygens (including phenoxy) is 1. The van der Waals surface area contributed by atoms with Gasteiger partial charge in [-0.15, -0.1) is 0 Å². The zero-order valence-corrected chi connectivity index (χ0v) is 10.5. The van der Waals surface area contributed by atoms with Crippen molar-refractivity contribution in [2.24, 2.45) is 11.8 Å². The molecule has 1 aliphatic carbocycles. The Morgan fingerprint density at radius 1 is 1.29 bits per heavy atom. The average Bonchev–Trinajstić information content (AvgIpc) is 2.88. The molecule has 4 heteroatoms. The Hall–Kier alpha value is -0.610. The molecular formula is C13H22N2O2. The summed E-state index contributed by atoms with van der Waals surface area (Å²) in [6.07, 6.45) is 4.01. The summed E-state index contributed by atoms with van der Waals surface area (Å²) >= 11 is 0. The molecule has 2 aliphatic heterocycles. The van der Waals surface area contributed by atoms with Crippen molar-refractivity contribution in [1.82, 2.24) is 10.2 Å². The highest BCUT2D eigenvalue weighted by atomic mass is 16.5. The van der Waals surface area contributed by atoms with Gasteiger partial charge in [0.15, 0.2) is 0 Å². The molecule has 2 unspecified atom stereocenters. The van der Waals surface area contributed by atoms with E-state index < -0.39 is 0 Å². The third-order valence-corrected chi connectivity index (χ3v) is 4.62. The molecule has 2 saturated heterocycles. The zero-order valence-electron chi connectivity index (χ0n) is 10.5. The fourth-order valence-electron chi connectivity index (χ4n) is 3.62. The highest BCUT2D eigenvalue weighted by Crippen LogP contribution is 2.37. The lowest BCUT2D eigenvalue weighted by Gasteiger charge is -2.32. The number of fused-ring (bicyclic) bond motifs is 1. The molecule has 3 aliphatic rings. The number of rotatable bonds is 1. The van der Waals surface area contributed by atoms with Crippen LogP contribution in [-0.2, 0) is 9.53 Å². The molecule has 0 aromatic heterocycles. The molecule has 2 heterocycles. The summed E-state index contributed by atoms with van der Waals surface area (Å²) < 4.78 is 5.56. The van der Waals surface area contributed by atoms with E-state index in [1.54, 1.807) is 0 Å². The molecule has 1 amide bonds. The van der Waals surface area contributed by atoms with Crippen LogP contribution in [0.3, 0.4) is 0 Å². The number of hydrogen-bond acceptors (Lipinski definition) is 3. The normalized spacial score (nSPS) is 41.6. The topological polar surface area (TPSA) is 41.6 Å². The molecule has 1 saturated carbocycles. The zero-order chi connectivity index (χ0) is 11.8. The van der Waals surface area contributed by atoms with E-state index in [1.807, 2.05) is 6.92 Å². The minimum absolute atomic E-state index is 0.0108. The molecule has 0 aromatic carbocycles. The lowest BCUT2D eigenvalue weighted by atomic mass is 10.0. The van der Waals surface area contributed by atoms with Gasteiger partial charge in [-0.05, 0) is 31.6 Å². The van der Waals surface area contributed by atoms with Gasteiger partial charge in [0.2, 0.25) is 5.91 Å². The van der Waals surface area contributed by atoms with Crippen molar-refractivity contribution in [3.05, 3.63) is 0 Å². The van der Waals surface area contributed by atoms with E-state index in [0.717, 1.165) is 38.1 Å². The lowest BCUT2D eigenvalue weighted by Crippen LogP contribution is -2.56. The smallest absolute Gasteiger partial charge is 0.242 e. The molecular weight excluding hydrogens is 216 g/mol. The highest BCUT2D eigenvalue weighted by Gasteiger charge is 2.41. The van der Waals surface area contributed by atoms with Crippen molar-refractivity contribution >= 4 is 5.91 Å². The van der Waals surface area contributed by atoms with Crippen molar-refractivity contribution in [2.45, 2.75) is 38.3 Å². The Morgan fingerprint density at radius 2 is 2.00 bits per heavy atom. The number of likely N-dealkylation sites (tertiary alicyclic amines) is 1. The second-order valence-electron chi connectivity index (χ2n) is 5.70. The molecule has 1 N–H and O–H groups in total. The van der Waals surface area contributed by atoms with Gasteiger partial charge < -0.3 is 15.0 Å². The van der Waals surface area contributed by atoms with E-state index in [-0.39, 0.29) is 18.1 Å². The number of morpholine rings is 1. The van der Waals surface area contributed by atoms with E-state index >= 15 is 0 Å². The van der Waals surface area contributed by atoms with Gasteiger partial charge in [-0.1, -0.05) is 6.42 Å². The molecule has 17 heavy (non-hydrogen) atoms. The first-order chi connectivity index (χ1) is 8.25. The summed E-state index contributed by atoms with van der Waals surface area (Å²) in [6.45, 7) is 5.46. The van der Waals surface area contributed by atoms with Gasteiger partial charge >= 0.3 is 0 Å². The molecule has 0 spiro atoms. The standard InChI is InChI=1S/C13H22N2O2/c1-9-12(14-5-6-17-9)13(16)15-7-10-3-2-4-11(10)8-15/h9-12,14H,2-8H2,1H3/t9-,10?,11?,12+/m1/s1. The Labute approximate surface area is 103 Å². The van der Waals surface area contributed by atoms with Crippen LogP contribution in [-0.4, -0.2) is 49.2 Å². The van der Waals surface area contributed by atoms with Gasteiger partial charge in [0.25, 0.3) is 0 Å². The largest absolute Gasteiger partial charge is 0.375 e. The van der Waals surface area contributed by atoms with Gasteiger partial charge in [0, 0.05) is 19.6 Å². The summed E-state index contributed by atoms with van der Waals surface area (Å²) in [6, 6.07) is -0.123. The number of hydrogen-bond donors (Lipinski definition) is 1.